The normalized spacial score (nSPS) is 10.8. The van der Waals surface area contributed by atoms with Crippen molar-refractivity contribution in [3.05, 3.63) is 47.0 Å². The summed E-state index contributed by atoms with van der Waals surface area (Å²) in [5, 5.41) is 0.766. The fraction of sp³-hybridized carbons (Fsp3) is 0. The number of halogens is 4. The third-order valence-corrected chi connectivity index (χ3v) is 3.80. The van der Waals surface area contributed by atoms with Gasteiger partial charge in [0.2, 0.25) is 5.43 Å². The molecule has 0 radical (unpaired) electrons. The average Bonchev–Trinajstić information content (AvgIpc) is 2.29. The zero-order valence-corrected chi connectivity index (χ0v) is 13.1. The van der Waals surface area contributed by atoms with Crippen LogP contribution in [0.4, 0.5) is 0 Å². The van der Waals surface area contributed by atoms with Gasteiger partial charge < -0.3 is 0 Å². The summed E-state index contributed by atoms with van der Waals surface area (Å²) in [4.78, 5) is 16.2. The maximum absolute atomic E-state index is 12.0. The van der Waals surface area contributed by atoms with Crippen molar-refractivity contribution in [2.45, 2.75) is 0 Å². The highest BCUT2D eigenvalue weighted by Crippen LogP contribution is 2.26. The highest BCUT2D eigenvalue weighted by atomic mass is 79.9. The average molecular weight is 428 g/mol. The molecule has 6 heteroatoms. The Bertz CT molecular complexity index is 645. The summed E-state index contributed by atoms with van der Waals surface area (Å²) in [5.74, 6) is 0. The van der Waals surface area contributed by atoms with Gasteiger partial charge in [-0.1, -0.05) is 27.5 Å². The van der Waals surface area contributed by atoms with Crippen LogP contribution in [-0.4, -0.2) is 4.98 Å². The van der Waals surface area contributed by atoms with E-state index in [2.05, 4.69) is 52.8 Å². The van der Waals surface area contributed by atoms with Crippen LogP contribution >= 0.6 is 59.4 Å². The van der Waals surface area contributed by atoms with Crippen molar-refractivity contribution < 1.29 is 0 Å². The van der Waals surface area contributed by atoms with E-state index < -0.39 is 0 Å². The number of nitrogens with zero attached hydrogens (tertiary/aromatic N) is 1. The van der Waals surface area contributed by atoms with E-state index >= 15 is 0 Å². The van der Waals surface area contributed by atoms with Crippen molar-refractivity contribution in [2.75, 3.05) is 0 Å². The van der Waals surface area contributed by atoms with Gasteiger partial charge in [-0.25, -0.2) is 4.98 Å². The number of rotatable bonds is 0. The van der Waals surface area contributed by atoms with E-state index in [0.29, 0.717) is 15.4 Å². The van der Waals surface area contributed by atoms with E-state index in [9.17, 15) is 4.79 Å². The van der Waals surface area contributed by atoms with Crippen LogP contribution in [0.1, 0.15) is 0 Å². The van der Waals surface area contributed by atoms with Crippen LogP contribution < -0.4 is 5.43 Å². The lowest BCUT2D eigenvalue weighted by molar-refractivity contribution is 1.42. The largest absolute Gasteiger partial charge is 0.288 e. The van der Waals surface area contributed by atoms with E-state index in [1.807, 2.05) is 6.07 Å². The Kier molecular flexibility index (Phi) is 3.69. The third kappa shape index (κ3) is 2.32. The van der Waals surface area contributed by atoms with Crippen molar-refractivity contribution in [3.8, 4) is 0 Å². The second-order valence-electron chi connectivity index (χ2n) is 3.04. The van der Waals surface area contributed by atoms with Gasteiger partial charge in [0.1, 0.15) is 5.15 Å². The minimum Gasteiger partial charge on any atom is -0.288 e. The summed E-state index contributed by atoms with van der Waals surface area (Å²) >= 11 is 15.7. The van der Waals surface area contributed by atoms with Crippen molar-refractivity contribution in [2.24, 2.45) is 0 Å². The van der Waals surface area contributed by atoms with Gasteiger partial charge in [0.15, 0.2) is 0 Å². The maximum atomic E-state index is 12.0. The van der Waals surface area contributed by atoms with E-state index in [4.69, 9.17) is 11.6 Å². The molecule has 0 aliphatic heterocycles. The molecule has 1 aromatic heterocycles. The molecule has 0 N–H and O–H groups in total. The zero-order chi connectivity index (χ0) is 11.9. The molecule has 0 bridgehead atoms. The predicted octanol–water partition coefficient (Wildman–Crippen LogP) is 4.54. The fourth-order valence-electron chi connectivity index (χ4n) is 1.29. The molecule has 0 aliphatic carbocycles. The Labute approximate surface area is 121 Å². The lowest BCUT2D eigenvalue weighted by Gasteiger charge is -1.96. The van der Waals surface area contributed by atoms with Gasteiger partial charge in [0.05, 0.1) is 15.4 Å². The molecular formula is C10H3Br3ClNO. The fourth-order valence-corrected chi connectivity index (χ4v) is 3.36. The highest BCUT2D eigenvalue weighted by molar-refractivity contribution is 9.11. The predicted molar refractivity (Wildman–Crippen MR) is 76.1 cm³/mol. The molecule has 0 atom stereocenters. The summed E-state index contributed by atoms with van der Waals surface area (Å²) < 4.78 is 1.92. The molecule has 2 rings (SSSR count). The molecule has 0 amide bonds. The standard InChI is InChI=1S/C10H3Br3ClNO/c11-4-1-5-9(6(12)2-4)15-8(14)3-7(13)10(5)16/h1-3H. The molecule has 1 aromatic carbocycles. The van der Waals surface area contributed by atoms with Crippen molar-refractivity contribution in [3.63, 3.8) is 0 Å². The lowest BCUT2D eigenvalue weighted by Crippen LogP contribution is -1.98. The number of hydrogen-bond donors (Lipinski definition) is 0. The molecule has 82 valence electrons. The molecule has 0 spiro atoms. The molecule has 1 heterocycles. The quantitative estimate of drug-likeness (QED) is 0.617. The minimum atomic E-state index is -0.142. The number of hydrogen-bond acceptors (Lipinski definition) is 2. The second-order valence-corrected chi connectivity index (χ2v) is 6.05. The number of benzene rings is 1. The van der Waals surface area contributed by atoms with Gasteiger partial charge >= 0.3 is 0 Å². The molecule has 0 unspecified atom stereocenters. The summed E-state index contributed by atoms with van der Waals surface area (Å²) in [6, 6.07) is 5.03. The van der Waals surface area contributed by atoms with E-state index in [1.54, 1.807) is 6.07 Å². The van der Waals surface area contributed by atoms with E-state index in [0.717, 1.165) is 8.95 Å². The molecule has 16 heavy (non-hydrogen) atoms. The molecule has 0 saturated heterocycles. The van der Waals surface area contributed by atoms with Crippen LogP contribution in [0, 0.1) is 0 Å². The van der Waals surface area contributed by atoms with Gasteiger partial charge in [0, 0.05) is 8.95 Å². The maximum Gasteiger partial charge on any atom is 0.202 e. The Morgan fingerprint density at radius 3 is 2.44 bits per heavy atom. The summed E-state index contributed by atoms with van der Waals surface area (Å²) in [5.41, 5.74) is 0.403. The third-order valence-electron chi connectivity index (χ3n) is 1.95. The first kappa shape index (κ1) is 12.5. The zero-order valence-electron chi connectivity index (χ0n) is 7.60. The molecule has 0 fully saturated rings. The first-order valence-electron chi connectivity index (χ1n) is 4.14. The first-order valence-corrected chi connectivity index (χ1v) is 6.90. The smallest absolute Gasteiger partial charge is 0.202 e. The van der Waals surface area contributed by atoms with Crippen LogP contribution in [0.15, 0.2) is 36.4 Å². The van der Waals surface area contributed by atoms with Gasteiger partial charge in [-0.2, -0.15) is 0 Å². The number of aromatic nitrogens is 1. The Balaban J connectivity index is 3.12. The van der Waals surface area contributed by atoms with Crippen LogP contribution in [0.25, 0.3) is 10.9 Å². The lowest BCUT2D eigenvalue weighted by atomic mass is 10.2. The SMILES string of the molecule is O=c1c(Br)cc(Cl)nc2c(Br)cc(Br)cc12. The topological polar surface area (TPSA) is 30.0 Å². The van der Waals surface area contributed by atoms with Crippen molar-refractivity contribution >= 4 is 70.3 Å². The minimum absolute atomic E-state index is 0.142. The van der Waals surface area contributed by atoms with Gasteiger partial charge in [-0.05, 0) is 50.1 Å². The Hall–Kier alpha value is 0.0300. The molecule has 2 nitrogen and oxygen atoms in total. The van der Waals surface area contributed by atoms with Crippen LogP contribution in [0.2, 0.25) is 5.15 Å². The van der Waals surface area contributed by atoms with Crippen molar-refractivity contribution in [1.82, 2.24) is 4.98 Å². The van der Waals surface area contributed by atoms with Crippen LogP contribution in [-0.2, 0) is 0 Å². The highest BCUT2D eigenvalue weighted by Gasteiger charge is 2.08. The molecule has 0 saturated carbocycles. The Morgan fingerprint density at radius 2 is 1.75 bits per heavy atom. The Morgan fingerprint density at radius 1 is 1.06 bits per heavy atom. The summed E-state index contributed by atoms with van der Waals surface area (Å²) in [6.45, 7) is 0. The van der Waals surface area contributed by atoms with Gasteiger partial charge in [0.25, 0.3) is 0 Å². The summed E-state index contributed by atoms with van der Waals surface area (Å²) in [6.07, 6.45) is 0. The monoisotopic (exact) mass is 425 g/mol. The number of fused-ring (bicyclic) bond motifs is 1. The van der Waals surface area contributed by atoms with Crippen LogP contribution in [0.5, 0.6) is 0 Å². The van der Waals surface area contributed by atoms with E-state index in [1.165, 1.54) is 6.07 Å². The molecule has 2 aromatic rings. The van der Waals surface area contributed by atoms with Crippen molar-refractivity contribution in [1.29, 1.82) is 0 Å². The molecule has 0 aliphatic rings. The second kappa shape index (κ2) is 4.72. The molecular weight excluding hydrogens is 425 g/mol. The van der Waals surface area contributed by atoms with Gasteiger partial charge in [-0.3, -0.25) is 4.79 Å². The van der Waals surface area contributed by atoms with Crippen LogP contribution in [0.3, 0.4) is 0 Å². The summed E-state index contributed by atoms with van der Waals surface area (Å²) in [7, 11) is 0. The first-order chi connectivity index (χ1) is 7.49. The van der Waals surface area contributed by atoms with E-state index in [-0.39, 0.29) is 10.6 Å². The van der Waals surface area contributed by atoms with Gasteiger partial charge in [-0.15, -0.1) is 0 Å².